The second kappa shape index (κ2) is 9.43. The van der Waals surface area contributed by atoms with Crippen LogP contribution in [0.5, 0.6) is 5.88 Å². The van der Waals surface area contributed by atoms with Gasteiger partial charge in [0.15, 0.2) is 0 Å². The van der Waals surface area contributed by atoms with Crippen molar-refractivity contribution in [1.82, 2.24) is 29.5 Å². The summed E-state index contributed by atoms with van der Waals surface area (Å²) in [5, 5.41) is 14.2. The minimum atomic E-state index is -0.873. The molecule has 1 fully saturated rings. The Balaban J connectivity index is 1.60. The van der Waals surface area contributed by atoms with Gasteiger partial charge in [-0.15, -0.1) is 0 Å². The molecule has 4 rings (SSSR count). The molecule has 0 bridgehead atoms. The Morgan fingerprint density at radius 3 is 2.69 bits per heavy atom. The zero-order chi connectivity index (χ0) is 22.8. The number of aromatic nitrogens is 5. The monoisotopic (exact) mass is 496 g/mol. The van der Waals surface area contributed by atoms with Crippen LogP contribution in [0.15, 0.2) is 18.6 Å². The van der Waals surface area contributed by atoms with Gasteiger partial charge in [0.25, 0.3) is 0 Å². The molecular formula is C22H29AsN8O. The van der Waals surface area contributed by atoms with E-state index in [9.17, 15) is 5.26 Å². The first-order valence-electron chi connectivity index (χ1n) is 10.9. The van der Waals surface area contributed by atoms with Gasteiger partial charge in [-0.25, -0.2) is 0 Å². The van der Waals surface area contributed by atoms with Crippen molar-refractivity contribution in [3.05, 3.63) is 35.5 Å². The van der Waals surface area contributed by atoms with Crippen LogP contribution in [0.3, 0.4) is 0 Å². The second-order valence-electron chi connectivity index (χ2n) is 8.47. The van der Waals surface area contributed by atoms with Gasteiger partial charge in [0, 0.05) is 0 Å². The summed E-state index contributed by atoms with van der Waals surface area (Å²) in [4.78, 5) is 15.6. The first-order valence-corrected chi connectivity index (χ1v) is 13.2. The standard InChI is InChI=1S/C22H29AsN8O/c1-13(2)30-8-6-16(7-9-30)32-22-18-14(3)5-10-31(18)29-21(28-22)15(4)23-19-17(11-24)20(25)27-12-26-19/h5,10,12-13,15-16,23H,6-9H2,1-4H3,(H2,25,26,27)/t15-/m0/s1. The van der Waals surface area contributed by atoms with E-state index in [2.05, 4.69) is 41.7 Å². The molecule has 0 aliphatic carbocycles. The number of hydrogen-bond acceptors (Lipinski definition) is 8. The SMILES string of the molecule is Cc1ccn2nc([C@H](C)[AsH]c3ncnc(N)c3C#N)nc(OC3CCN(C(C)C)CC3)c12. The quantitative estimate of drug-likeness (QED) is 0.509. The number of anilines is 1. The van der Waals surface area contributed by atoms with Crippen molar-refractivity contribution in [1.29, 1.82) is 5.26 Å². The molecule has 168 valence electrons. The van der Waals surface area contributed by atoms with Crippen LogP contribution in [-0.2, 0) is 0 Å². The maximum absolute atomic E-state index is 9.46. The third-order valence-electron chi connectivity index (χ3n) is 5.91. The summed E-state index contributed by atoms with van der Waals surface area (Å²) in [6, 6.07) is 4.72. The number of nitriles is 1. The van der Waals surface area contributed by atoms with E-state index in [0.29, 0.717) is 23.3 Å². The summed E-state index contributed by atoms with van der Waals surface area (Å²) < 4.78 is 9.08. The molecule has 1 saturated heterocycles. The van der Waals surface area contributed by atoms with Gasteiger partial charge in [0.2, 0.25) is 0 Å². The van der Waals surface area contributed by atoms with Gasteiger partial charge in [0.05, 0.1) is 0 Å². The first-order chi connectivity index (χ1) is 15.4. The molecule has 0 spiro atoms. The number of rotatable bonds is 6. The normalized spacial score (nSPS) is 16.8. The Hall–Kier alpha value is -2.69. The van der Waals surface area contributed by atoms with Crippen LogP contribution in [0.4, 0.5) is 5.82 Å². The van der Waals surface area contributed by atoms with Gasteiger partial charge in [-0.3, -0.25) is 0 Å². The van der Waals surface area contributed by atoms with E-state index in [-0.39, 0.29) is 16.6 Å². The van der Waals surface area contributed by atoms with E-state index in [1.165, 1.54) is 6.33 Å². The topological polar surface area (TPSA) is 118 Å². The summed E-state index contributed by atoms with van der Waals surface area (Å²) in [7, 11) is 0. The maximum atomic E-state index is 9.46. The van der Waals surface area contributed by atoms with Gasteiger partial charge in [-0.2, -0.15) is 0 Å². The van der Waals surface area contributed by atoms with Crippen LogP contribution in [0.25, 0.3) is 5.52 Å². The van der Waals surface area contributed by atoms with Gasteiger partial charge < -0.3 is 0 Å². The Labute approximate surface area is 194 Å². The molecule has 2 N–H and O–H groups in total. The molecule has 32 heavy (non-hydrogen) atoms. The number of nitrogens with zero attached hydrogens (tertiary/aromatic N) is 7. The van der Waals surface area contributed by atoms with E-state index in [1.54, 1.807) is 0 Å². The summed E-state index contributed by atoms with van der Waals surface area (Å²) in [5.41, 5.74) is 8.24. The van der Waals surface area contributed by atoms with Crippen LogP contribution < -0.4 is 15.0 Å². The third-order valence-corrected chi connectivity index (χ3v) is 8.73. The number of nitrogen functional groups attached to an aromatic ring is 1. The number of hydrogen-bond donors (Lipinski definition) is 1. The van der Waals surface area contributed by atoms with Crippen LogP contribution in [0, 0.1) is 18.3 Å². The molecule has 10 heteroatoms. The zero-order valence-corrected chi connectivity index (χ0v) is 21.0. The molecule has 0 saturated carbocycles. The molecule has 1 aliphatic rings. The van der Waals surface area contributed by atoms with Crippen molar-refractivity contribution >= 4 is 31.6 Å². The Morgan fingerprint density at radius 1 is 1.25 bits per heavy atom. The van der Waals surface area contributed by atoms with E-state index in [0.717, 1.165) is 41.5 Å². The minimum absolute atomic E-state index is 0.0358. The zero-order valence-electron chi connectivity index (χ0n) is 18.9. The van der Waals surface area contributed by atoms with Gasteiger partial charge in [-0.05, 0) is 0 Å². The molecule has 2 atom stereocenters. The van der Waals surface area contributed by atoms with Crippen molar-refractivity contribution in [2.24, 2.45) is 0 Å². The number of piperidine rings is 1. The molecule has 4 heterocycles. The third kappa shape index (κ3) is 4.57. The first kappa shape index (κ1) is 22.5. The average molecular weight is 496 g/mol. The summed E-state index contributed by atoms with van der Waals surface area (Å²) in [6.07, 6.45) is 5.47. The van der Waals surface area contributed by atoms with Gasteiger partial charge >= 0.3 is 195 Å². The van der Waals surface area contributed by atoms with Crippen molar-refractivity contribution in [3.63, 3.8) is 0 Å². The average Bonchev–Trinajstić information content (AvgIpc) is 3.15. The fraction of sp³-hybridized carbons (Fsp3) is 0.500. The molecule has 9 nitrogen and oxygen atoms in total. The number of ether oxygens (including phenoxy) is 1. The number of likely N-dealkylation sites (tertiary alicyclic amines) is 1. The number of fused-ring (bicyclic) bond motifs is 1. The Morgan fingerprint density at radius 2 is 2.00 bits per heavy atom. The Kier molecular flexibility index (Phi) is 6.63. The van der Waals surface area contributed by atoms with E-state index in [4.69, 9.17) is 20.6 Å². The molecule has 3 aromatic rings. The summed E-state index contributed by atoms with van der Waals surface area (Å²) >= 11 is -0.873. The fourth-order valence-electron chi connectivity index (χ4n) is 3.98. The van der Waals surface area contributed by atoms with E-state index in [1.807, 2.05) is 23.7 Å². The molecular weight excluding hydrogens is 467 g/mol. The predicted molar refractivity (Wildman–Crippen MR) is 124 cm³/mol. The molecule has 0 amide bonds. The van der Waals surface area contributed by atoms with Crippen molar-refractivity contribution in [2.75, 3.05) is 18.8 Å². The van der Waals surface area contributed by atoms with Gasteiger partial charge in [-0.1, -0.05) is 0 Å². The van der Waals surface area contributed by atoms with Crippen molar-refractivity contribution < 1.29 is 4.74 Å². The molecule has 3 aromatic heterocycles. The van der Waals surface area contributed by atoms with Crippen LogP contribution in [0.1, 0.15) is 55.3 Å². The predicted octanol–water partition coefficient (Wildman–Crippen LogP) is 1.36. The van der Waals surface area contributed by atoms with Crippen molar-refractivity contribution in [2.45, 2.75) is 57.4 Å². The molecule has 0 radical (unpaired) electrons. The van der Waals surface area contributed by atoms with E-state index >= 15 is 0 Å². The fourth-order valence-corrected chi connectivity index (χ4v) is 6.33. The van der Waals surface area contributed by atoms with Crippen LogP contribution in [0.2, 0.25) is 0 Å². The van der Waals surface area contributed by atoms with Crippen molar-refractivity contribution in [3.8, 4) is 11.9 Å². The number of nitrogens with two attached hydrogens (primary N) is 1. The van der Waals surface area contributed by atoms with Crippen LogP contribution in [-0.4, -0.2) is 70.5 Å². The molecule has 0 aromatic carbocycles. The van der Waals surface area contributed by atoms with E-state index < -0.39 is 15.8 Å². The summed E-state index contributed by atoms with van der Waals surface area (Å²) in [6.45, 7) is 10.7. The van der Waals surface area contributed by atoms with Gasteiger partial charge in [0.1, 0.15) is 0 Å². The Bertz CT molecular complexity index is 1150. The molecule has 1 aliphatic heterocycles. The molecule has 1 unspecified atom stereocenters. The van der Waals surface area contributed by atoms with Crippen LogP contribution >= 0.6 is 0 Å². The number of aryl methyl sites for hydroxylation is 1. The summed E-state index contributed by atoms with van der Waals surface area (Å²) in [5.74, 6) is 1.56. The second-order valence-corrected chi connectivity index (χ2v) is 11.9.